The van der Waals surface area contributed by atoms with Gasteiger partial charge in [-0.3, -0.25) is 9.78 Å². The number of rotatable bonds is 2. The molecule has 0 unspecified atom stereocenters. The summed E-state index contributed by atoms with van der Waals surface area (Å²) >= 11 is 0. The average molecular weight is 436 g/mol. The summed E-state index contributed by atoms with van der Waals surface area (Å²) in [6.07, 6.45) is 6.40. The summed E-state index contributed by atoms with van der Waals surface area (Å²) in [5.41, 5.74) is 1.90. The van der Waals surface area contributed by atoms with Crippen molar-refractivity contribution in [2.24, 2.45) is 16.7 Å². The van der Waals surface area contributed by atoms with E-state index in [0.29, 0.717) is 5.41 Å². The van der Waals surface area contributed by atoms with Crippen molar-refractivity contribution in [1.29, 1.82) is 0 Å². The van der Waals surface area contributed by atoms with Gasteiger partial charge in [0, 0.05) is 17.8 Å². The number of likely N-dealkylation sites (N-methyl/N-ethyl adjacent to an activating group) is 1. The zero-order valence-electron chi connectivity index (χ0n) is 21.6. The molecule has 1 atom stereocenters. The second-order valence-electron chi connectivity index (χ2n) is 11.5. The number of hydrogen-bond donors (Lipinski definition) is 2. The van der Waals surface area contributed by atoms with E-state index < -0.39 is 0 Å². The molecule has 4 nitrogen and oxygen atoms in total. The van der Waals surface area contributed by atoms with Gasteiger partial charge in [0.25, 0.3) is 0 Å². The van der Waals surface area contributed by atoms with Gasteiger partial charge in [0.15, 0.2) is 5.78 Å². The highest BCUT2D eigenvalue weighted by Gasteiger charge is 2.26. The number of pyridine rings is 1. The number of hydrogen-bond acceptors (Lipinski definition) is 4. The predicted molar refractivity (Wildman–Crippen MR) is 138 cm³/mol. The van der Waals surface area contributed by atoms with Crippen molar-refractivity contribution in [3.63, 3.8) is 0 Å². The fraction of sp³-hybridized carbons (Fsp3) is 0.778. The van der Waals surface area contributed by atoms with Crippen molar-refractivity contribution < 1.29 is 4.79 Å². The molecule has 0 bridgehead atoms. The number of nitrogens with zero attached hydrogens (tertiary/aromatic N) is 1. The zero-order valence-corrected chi connectivity index (χ0v) is 21.6. The van der Waals surface area contributed by atoms with Crippen molar-refractivity contribution in [2.75, 3.05) is 20.1 Å². The summed E-state index contributed by atoms with van der Waals surface area (Å²) < 4.78 is 0. The summed E-state index contributed by atoms with van der Waals surface area (Å²) in [5, 5.41) is 6.31. The maximum Gasteiger partial charge on any atom is 0.154 e. The monoisotopic (exact) mass is 435 g/mol. The van der Waals surface area contributed by atoms with Crippen LogP contribution in [0.5, 0.6) is 0 Å². The van der Waals surface area contributed by atoms with Crippen LogP contribution in [0.15, 0.2) is 24.5 Å². The van der Waals surface area contributed by atoms with Crippen LogP contribution in [0.2, 0.25) is 0 Å². The number of carbonyl (C=O) groups is 1. The van der Waals surface area contributed by atoms with Gasteiger partial charge in [-0.1, -0.05) is 69.7 Å². The van der Waals surface area contributed by atoms with Crippen LogP contribution in [-0.2, 0) is 10.2 Å². The Kier molecular flexibility index (Phi) is 14.4. The third-order valence-corrected chi connectivity index (χ3v) is 5.68. The summed E-state index contributed by atoms with van der Waals surface area (Å²) in [7, 11) is 1.80. The highest BCUT2D eigenvalue weighted by atomic mass is 16.1. The van der Waals surface area contributed by atoms with E-state index in [1.807, 2.05) is 40.1 Å². The van der Waals surface area contributed by atoms with Crippen molar-refractivity contribution in [3.05, 3.63) is 30.1 Å². The Bertz CT molecular complexity index is 586. The van der Waals surface area contributed by atoms with Gasteiger partial charge in [-0.25, -0.2) is 0 Å². The average Bonchev–Trinajstić information content (AvgIpc) is 2.67. The van der Waals surface area contributed by atoms with Crippen molar-refractivity contribution in [2.45, 2.75) is 101 Å². The lowest BCUT2D eigenvalue weighted by Crippen LogP contribution is -2.38. The van der Waals surface area contributed by atoms with Gasteiger partial charge < -0.3 is 10.6 Å². The first-order valence-electron chi connectivity index (χ1n) is 11.4. The third-order valence-electron chi connectivity index (χ3n) is 5.68. The van der Waals surface area contributed by atoms with Crippen LogP contribution in [0.3, 0.4) is 0 Å². The molecule has 0 aliphatic carbocycles. The fourth-order valence-electron chi connectivity index (χ4n) is 3.32. The SMILES string of the molecule is C.CC(C)(C)C1CCNCC1.CC(C)(C)c1ccncc1.CN[C@H](C)C(=O)C(C)(C)C. The van der Waals surface area contributed by atoms with E-state index in [0.717, 1.165) is 5.92 Å². The Morgan fingerprint density at radius 2 is 1.45 bits per heavy atom. The Morgan fingerprint density at radius 3 is 1.68 bits per heavy atom. The van der Waals surface area contributed by atoms with Crippen LogP contribution in [0, 0.1) is 16.7 Å². The molecule has 4 heteroatoms. The van der Waals surface area contributed by atoms with Gasteiger partial charge in [0.05, 0.1) is 6.04 Å². The van der Waals surface area contributed by atoms with Crippen LogP contribution in [0.4, 0.5) is 0 Å². The highest BCUT2D eigenvalue weighted by Crippen LogP contribution is 2.32. The number of Topliss-reactive ketones (excluding diaryl/α,β-unsaturated/α-hetero) is 1. The van der Waals surface area contributed by atoms with E-state index in [9.17, 15) is 4.79 Å². The van der Waals surface area contributed by atoms with E-state index in [4.69, 9.17) is 0 Å². The van der Waals surface area contributed by atoms with Crippen LogP contribution >= 0.6 is 0 Å². The lowest BCUT2D eigenvalue weighted by molar-refractivity contribution is -0.127. The van der Waals surface area contributed by atoms with E-state index in [-0.39, 0.29) is 30.1 Å². The molecular formula is C27H53N3O. The summed E-state index contributed by atoms with van der Waals surface area (Å²) in [6, 6.07) is 4.08. The molecule has 0 aromatic carbocycles. The molecular weight excluding hydrogens is 382 g/mol. The molecule has 2 rings (SSSR count). The maximum absolute atomic E-state index is 11.3. The van der Waals surface area contributed by atoms with Gasteiger partial charge in [-0.2, -0.15) is 0 Å². The molecule has 0 amide bonds. The molecule has 1 aliphatic rings. The second kappa shape index (κ2) is 14.0. The van der Waals surface area contributed by atoms with E-state index >= 15 is 0 Å². The molecule has 0 saturated carbocycles. The van der Waals surface area contributed by atoms with Crippen molar-refractivity contribution in [1.82, 2.24) is 15.6 Å². The molecule has 0 radical (unpaired) electrons. The second-order valence-corrected chi connectivity index (χ2v) is 11.5. The highest BCUT2D eigenvalue weighted by molar-refractivity contribution is 5.88. The number of aromatic nitrogens is 1. The third kappa shape index (κ3) is 13.7. The minimum absolute atomic E-state index is 0. The molecule has 2 N–H and O–H groups in total. The molecule has 31 heavy (non-hydrogen) atoms. The first-order valence-corrected chi connectivity index (χ1v) is 11.4. The molecule has 1 saturated heterocycles. The Labute approximate surface area is 194 Å². The lowest BCUT2D eigenvalue weighted by atomic mass is 9.76. The van der Waals surface area contributed by atoms with Crippen LogP contribution in [-0.4, -0.2) is 36.9 Å². The standard InChI is InChI=1S/C9H19N.C9H13N.C8H17NO.CH4/c2*1-9(2,3)8-4-6-10-7-5-8;1-6(9-5)7(10)8(2,3)4;/h8,10H,4-7H2,1-3H3;4-7H,1-3H3;6,9H,1-5H3;1H4/t;;6-;/m..1./s1. The number of nitrogens with one attached hydrogen (secondary N) is 2. The number of piperidine rings is 1. The van der Waals surface area contributed by atoms with Crippen LogP contribution in [0.1, 0.15) is 95.1 Å². The Hall–Kier alpha value is -1.26. The van der Waals surface area contributed by atoms with Crippen molar-refractivity contribution in [3.8, 4) is 0 Å². The molecule has 1 aromatic rings. The fourth-order valence-corrected chi connectivity index (χ4v) is 3.32. The molecule has 0 spiro atoms. The first-order chi connectivity index (χ1) is 13.6. The smallest absolute Gasteiger partial charge is 0.154 e. The van der Waals surface area contributed by atoms with Gasteiger partial charge in [-0.15, -0.1) is 0 Å². The molecule has 1 aliphatic heterocycles. The lowest BCUT2D eigenvalue weighted by Gasteiger charge is -2.34. The summed E-state index contributed by atoms with van der Waals surface area (Å²) in [6.45, 7) is 23.8. The largest absolute Gasteiger partial charge is 0.317 e. The number of ketones is 1. The normalized spacial score (nSPS) is 16.0. The van der Waals surface area contributed by atoms with Gasteiger partial charge in [-0.05, 0) is 74.3 Å². The zero-order chi connectivity index (χ0) is 23.6. The minimum atomic E-state index is -0.220. The molecule has 1 aromatic heterocycles. The van der Waals surface area contributed by atoms with E-state index in [1.54, 1.807) is 7.05 Å². The minimum Gasteiger partial charge on any atom is -0.317 e. The summed E-state index contributed by atoms with van der Waals surface area (Å²) in [4.78, 5) is 15.3. The Balaban J connectivity index is 0. The molecule has 2 heterocycles. The van der Waals surface area contributed by atoms with Gasteiger partial charge in [0.2, 0.25) is 0 Å². The van der Waals surface area contributed by atoms with E-state index in [1.165, 1.54) is 31.5 Å². The molecule has 1 fully saturated rings. The summed E-state index contributed by atoms with van der Waals surface area (Å²) in [5.74, 6) is 1.20. The Morgan fingerprint density at radius 1 is 1.00 bits per heavy atom. The van der Waals surface area contributed by atoms with Crippen LogP contribution in [0.25, 0.3) is 0 Å². The van der Waals surface area contributed by atoms with Gasteiger partial charge in [0.1, 0.15) is 0 Å². The quantitative estimate of drug-likeness (QED) is 0.576. The molecule has 182 valence electrons. The van der Waals surface area contributed by atoms with Crippen LogP contribution < -0.4 is 10.6 Å². The van der Waals surface area contributed by atoms with Gasteiger partial charge >= 0.3 is 0 Å². The van der Waals surface area contributed by atoms with E-state index in [2.05, 4.69) is 69.3 Å². The topological polar surface area (TPSA) is 54.0 Å². The predicted octanol–water partition coefficient (Wildman–Crippen LogP) is 6.26. The van der Waals surface area contributed by atoms with Crippen molar-refractivity contribution >= 4 is 5.78 Å². The first kappa shape index (κ1) is 31.9. The maximum atomic E-state index is 11.3. The number of carbonyl (C=O) groups excluding carboxylic acids is 1.